The van der Waals surface area contributed by atoms with Gasteiger partial charge >= 0.3 is 5.97 Å². The minimum atomic E-state index is -0.755. The summed E-state index contributed by atoms with van der Waals surface area (Å²) < 4.78 is 2.05. The first-order valence-corrected chi connectivity index (χ1v) is 9.59. The van der Waals surface area contributed by atoms with Crippen molar-refractivity contribution in [2.75, 3.05) is 13.1 Å². The van der Waals surface area contributed by atoms with Crippen LogP contribution in [0.4, 0.5) is 0 Å². The number of hydrogen-bond acceptors (Lipinski definition) is 3. The van der Waals surface area contributed by atoms with Gasteiger partial charge in [0.25, 0.3) is 5.91 Å². The number of aliphatic carboxylic acids is 1. The summed E-state index contributed by atoms with van der Waals surface area (Å²) in [5, 5.41) is 13.4. The first-order valence-electron chi connectivity index (χ1n) is 9.59. The highest BCUT2D eigenvalue weighted by Gasteiger charge is 2.35. The third-order valence-corrected chi connectivity index (χ3v) is 5.61. The van der Waals surface area contributed by atoms with Crippen molar-refractivity contribution in [1.29, 1.82) is 0 Å². The number of carboxylic acids is 1. The molecule has 0 bridgehead atoms. The molecule has 2 fully saturated rings. The molecule has 2 atom stereocenters. The summed E-state index contributed by atoms with van der Waals surface area (Å²) in [6.07, 6.45) is 7.84. The molecule has 1 aromatic rings. The van der Waals surface area contributed by atoms with Crippen molar-refractivity contribution in [2.24, 2.45) is 5.92 Å². The topological polar surface area (TPSA) is 75.4 Å². The average molecular weight is 347 g/mol. The first-order chi connectivity index (χ1) is 12.0. The Bertz CT molecular complexity index is 636. The van der Waals surface area contributed by atoms with Gasteiger partial charge in [0.05, 0.1) is 17.5 Å². The summed E-state index contributed by atoms with van der Waals surface area (Å²) >= 11 is 0. The normalized spacial score (nSPS) is 22.0. The summed E-state index contributed by atoms with van der Waals surface area (Å²) in [5.74, 6) is 0.0941. The lowest BCUT2D eigenvalue weighted by atomic mass is 9.93. The average Bonchev–Trinajstić information content (AvgIpc) is 3.37. The van der Waals surface area contributed by atoms with Crippen LogP contribution in [0.15, 0.2) is 6.20 Å². The first kappa shape index (κ1) is 18.0. The smallest absolute Gasteiger partial charge is 0.303 e. The maximum atomic E-state index is 13.1. The lowest BCUT2D eigenvalue weighted by Gasteiger charge is -2.32. The fourth-order valence-electron chi connectivity index (χ4n) is 3.81. The third kappa shape index (κ3) is 4.05. The van der Waals surface area contributed by atoms with E-state index in [4.69, 9.17) is 5.11 Å². The van der Waals surface area contributed by atoms with Crippen LogP contribution in [0.25, 0.3) is 0 Å². The van der Waals surface area contributed by atoms with Gasteiger partial charge in [0.1, 0.15) is 0 Å². The Hall–Kier alpha value is -1.85. The van der Waals surface area contributed by atoms with Gasteiger partial charge in [-0.2, -0.15) is 5.10 Å². The van der Waals surface area contributed by atoms with Crippen molar-refractivity contribution in [1.82, 2.24) is 14.7 Å². The van der Waals surface area contributed by atoms with Gasteiger partial charge in [0, 0.05) is 31.5 Å². The minimum absolute atomic E-state index is 0.0801. The molecule has 3 rings (SSSR count). The molecule has 1 aliphatic heterocycles. The van der Waals surface area contributed by atoms with Gasteiger partial charge in [-0.05, 0) is 51.4 Å². The maximum Gasteiger partial charge on any atom is 0.303 e. The molecule has 6 heteroatoms. The number of rotatable bonds is 7. The van der Waals surface area contributed by atoms with E-state index in [9.17, 15) is 9.59 Å². The Balaban J connectivity index is 1.74. The Morgan fingerprint density at radius 3 is 2.76 bits per heavy atom. The monoisotopic (exact) mass is 347 g/mol. The molecule has 6 nitrogen and oxygen atoms in total. The van der Waals surface area contributed by atoms with E-state index in [-0.39, 0.29) is 12.3 Å². The number of aromatic nitrogens is 2. The van der Waals surface area contributed by atoms with Crippen LogP contribution in [0.5, 0.6) is 0 Å². The zero-order chi connectivity index (χ0) is 18.0. The number of carbonyl (C=O) groups excluding carboxylic acids is 1. The van der Waals surface area contributed by atoms with Crippen LogP contribution in [0, 0.1) is 5.92 Å². The molecule has 1 saturated heterocycles. The Morgan fingerprint density at radius 2 is 2.12 bits per heavy atom. The highest BCUT2D eigenvalue weighted by Crippen LogP contribution is 2.43. The summed E-state index contributed by atoms with van der Waals surface area (Å²) in [7, 11) is 0. The molecule has 25 heavy (non-hydrogen) atoms. The number of carboxylic acid groups (broad SMARTS) is 1. The van der Waals surface area contributed by atoms with E-state index in [0.717, 1.165) is 49.9 Å². The molecule has 1 N–H and O–H groups in total. The van der Waals surface area contributed by atoms with Crippen molar-refractivity contribution >= 4 is 11.9 Å². The predicted octanol–water partition coefficient (Wildman–Crippen LogP) is 3.45. The number of amides is 1. The number of nitrogens with zero attached hydrogens (tertiary/aromatic N) is 3. The van der Waals surface area contributed by atoms with E-state index in [1.165, 1.54) is 0 Å². The van der Waals surface area contributed by atoms with E-state index in [0.29, 0.717) is 30.8 Å². The molecular weight excluding hydrogens is 318 g/mol. The fourth-order valence-corrected chi connectivity index (χ4v) is 3.81. The molecule has 0 spiro atoms. The van der Waals surface area contributed by atoms with Crippen molar-refractivity contribution in [3.8, 4) is 0 Å². The van der Waals surface area contributed by atoms with Crippen molar-refractivity contribution in [3.05, 3.63) is 17.5 Å². The zero-order valence-electron chi connectivity index (χ0n) is 15.3. The van der Waals surface area contributed by atoms with Crippen molar-refractivity contribution < 1.29 is 14.7 Å². The van der Waals surface area contributed by atoms with Crippen LogP contribution in [0.1, 0.15) is 86.8 Å². The second kappa shape index (κ2) is 7.58. The van der Waals surface area contributed by atoms with Crippen LogP contribution in [0.2, 0.25) is 0 Å². The number of piperidine rings is 1. The molecule has 2 unspecified atom stereocenters. The largest absolute Gasteiger partial charge is 0.481 e. The SMILES string of the molecule is CCC(C)n1ncc(C(=O)N2CCCC(CCC(=O)O)C2)c1C1CC1. The van der Waals surface area contributed by atoms with Crippen LogP contribution in [-0.2, 0) is 4.79 Å². The van der Waals surface area contributed by atoms with E-state index in [2.05, 4.69) is 23.6 Å². The lowest BCUT2D eigenvalue weighted by Crippen LogP contribution is -2.40. The Morgan fingerprint density at radius 1 is 1.36 bits per heavy atom. The summed E-state index contributed by atoms with van der Waals surface area (Å²) in [5.41, 5.74) is 1.88. The summed E-state index contributed by atoms with van der Waals surface area (Å²) in [6.45, 7) is 5.73. The number of likely N-dealkylation sites (tertiary alicyclic amines) is 1. The molecule has 138 valence electrons. The van der Waals surface area contributed by atoms with Gasteiger partial charge in [-0.25, -0.2) is 0 Å². The van der Waals surface area contributed by atoms with Gasteiger partial charge in [0.15, 0.2) is 0 Å². The van der Waals surface area contributed by atoms with Gasteiger partial charge in [-0.1, -0.05) is 6.92 Å². The zero-order valence-corrected chi connectivity index (χ0v) is 15.3. The Labute approximate surface area is 149 Å². The van der Waals surface area contributed by atoms with Gasteiger partial charge in [-0.3, -0.25) is 14.3 Å². The lowest BCUT2D eigenvalue weighted by molar-refractivity contribution is -0.137. The fraction of sp³-hybridized carbons (Fsp3) is 0.737. The molecule has 0 radical (unpaired) electrons. The number of hydrogen-bond donors (Lipinski definition) is 1. The van der Waals surface area contributed by atoms with Crippen LogP contribution in [0.3, 0.4) is 0 Å². The van der Waals surface area contributed by atoms with E-state index < -0.39 is 5.97 Å². The predicted molar refractivity (Wildman–Crippen MR) is 94.7 cm³/mol. The second-order valence-corrected chi connectivity index (χ2v) is 7.61. The third-order valence-electron chi connectivity index (χ3n) is 5.61. The molecule has 1 saturated carbocycles. The maximum absolute atomic E-state index is 13.1. The molecule has 2 aliphatic rings. The van der Waals surface area contributed by atoms with E-state index in [1.54, 1.807) is 6.20 Å². The van der Waals surface area contributed by atoms with Gasteiger partial charge in [0.2, 0.25) is 0 Å². The van der Waals surface area contributed by atoms with Gasteiger partial charge in [-0.15, -0.1) is 0 Å². The van der Waals surface area contributed by atoms with Crippen molar-refractivity contribution in [2.45, 2.75) is 70.8 Å². The molecule has 1 aliphatic carbocycles. The number of carbonyl (C=O) groups is 2. The standard InChI is InChI=1S/C19H29N3O3/c1-3-13(2)22-18(15-7-8-15)16(11-20-22)19(25)21-10-4-5-14(12-21)6-9-17(23)24/h11,13-15H,3-10,12H2,1-2H3,(H,23,24). The van der Waals surface area contributed by atoms with Crippen molar-refractivity contribution in [3.63, 3.8) is 0 Å². The van der Waals surface area contributed by atoms with E-state index in [1.807, 2.05) is 4.90 Å². The van der Waals surface area contributed by atoms with Crippen LogP contribution < -0.4 is 0 Å². The van der Waals surface area contributed by atoms with Gasteiger partial charge < -0.3 is 10.0 Å². The summed E-state index contributed by atoms with van der Waals surface area (Å²) in [4.78, 5) is 25.8. The molecular formula is C19H29N3O3. The molecule has 1 amide bonds. The minimum Gasteiger partial charge on any atom is -0.481 e. The quantitative estimate of drug-likeness (QED) is 0.820. The molecule has 1 aromatic heterocycles. The molecule has 2 heterocycles. The van der Waals surface area contributed by atoms with Crippen LogP contribution in [-0.4, -0.2) is 44.8 Å². The highest BCUT2D eigenvalue weighted by molar-refractivity contribution is 5.95. The highest BCUT2D eigenvalue weighted by atomic mass is 16.4. The second-order valence-electron chi connectivity index (χ2n) is 7.61. The van der Waals surface area contributed by atoms with Crippen LogP contribution >= 0.6 is 0 Å². The summed E-state index contributed by atoms with van der Waals surface area (Å²) in [6, 6.07) is 0.307. The van der Waals surface area contributed by atoms with E-state index >= 15 is 0 Å². The Kier molecular flexibility index (Phi) is 5.45. The molecule has 0 aromatic carbocycles.